The molecule has 1 aliphatic heterocycles. The van der Waals surface area contributed by atoms with Gasteiger partial charge in [0.05, 0.1) is 25.1 Å². The number of benzene rings is 1. The normalized spacial score (nSPS) is 20.0. The van der Waals surface area contributed by atoms with Gasteiger partial charge in [0.1, 0.15) is 0 Å². The van der Waals surface area contributed by atoms with E-state index in [1.165, 1.54) is 18.4 Å². The van der Waals surface area contributed by atoms with Crippen molar-refractivity contribution in [2.45, 2.75) is 38.6 Å². The van der Waals surface area contributed by atoms with Gasteiger partial charge in [-0.2, -0.15) is 0 Å². The molecule has 25 heavy (non-hydrogen) atoms. The van der Waals surface area contributed by atoms with Crippen LogP contribution in [0.2, 0.25) is 0 Å². The number of hydrogen-bond donors (Lipinski definition) is 1. The van der Waals surface area contributed by atoms with Gasteiger partial charge in [0.2, 0.25) is 5.91 Å². The molecule has 2 fully saturated rings. The van der Waals surface area contributed by atoms with E-state index >= 15 is 0 Å². The first kappa shape index (κ1) is 17.9. The lowest BCUT2D eigenvalue weighted by molar-refractivity contribution is -0.149. The lowest BCUT2D eigenvalue weighted by Gasteiger charge is -2.30. The highest BCUT2D eigenvalue weighted by atomic mass is 16.5. The van der Waals surface area contributed by atoms with Gasteiger partial charge >= 0.3 is 5.97 Å². The topological polar surface area (TPSA) is 58.6 Å². The van der Waals surface area contributed by atoms with E-state index in [0.29, 0.717) is 19.1 Å². The van der Waals surface area contributed by atoms with E-state index in [1.54, 1.807) is 0 Å². The van der Waals surface area contributed by atoms with Crippen molar-refractivity contribution >= 4 is 11.9 Å². The highest BCUT2D eigenvalue weighted by molar-refractivity contribution is 5.78. The van der Waals surface area contributed by atoms with E-state index in [9.17, 15) is 9.59 Å². The fourth-order valence-corrected chi connectivity index (χ4v) is 3.57. The third kappa shape index (κ3) is 5.05. The molecule has 0 bridgehead atoms. The molecule has 136 valence electrons. The molecular weight excluding hydrogens is 316 g/mol. The fraction of sp³-hybridized carbons (Fsp3) is 0.600. The zero-order valence-corrected chi connectivity index (χ0v) is 14.9. The standard InChI is InChI=1S/C20H28N2O3/c1-2-25-20(24)17-10-12-22(13-11-17)14-18(23)21-19(16-8-9-16)15-6-4-3-5-7-15/h3-7,16-17,19H,2,8-14H2,1H3,(H,21,23). The summed E-state index contributed by atoms with van der Waals surface area (Å²) in [7, 11) is 0. The van der Waals surface area contributed by atoms with Gasteiger partial charge in [-0.05, 0) is 57.2 Å². The summed E-state index contributed by atoms with van der Waals surface area (Å²) in [5, 5.41) is 3.22. The quantitative estimate of drug-likeness (QED) is 0.772. The van der Waals surface area contributed by atoms with Gasteiger partial charge in [0.25, 0.3) is 0 Å². The van der Waals surface area contributed by atoms with Crippen molar-refractivity contribution in [2.75, 3.05) is 26.2 Å². The van der Waals surface area contributed by atoms with Crippen molar-refractivity contribution < 1.29 is 14.3 Å². The van der Waals surface area contributed by atoms with Crippen LogP contribution in [0, 0.1) is 11.8 Å². The Kier molecular flexibility index (Phi) is 6.08. The Morgan fingerprint density at radius 3 is 2.44 bits per heavy atom. The van der Waals surface area contributed by atoms with Crippen LogP contribution in [-0.2, 0) is 14.3 Å². The molecule has 2 aliphatic rings. The monoisotopic (exact) mass is 344 g/mol. The predicted octanol–water partition coefficient (Wildman–Crippen LogP) is 2.53. The molecule has 1 amide bonds. The zero-order chi connectivity index (χ0) is 17.6. The minimum Gasteiger partial charge on any atom is -0.466 e. The number of nitrogens with one attached hydrogen (secondary N) is 1. The van der Waals surface area contributed by atoms with Crippen molar-refractivity contribution in [1.82, 2.24) is 10.2 Å². The van der Waals surface area contributed by atoms with Crippen LogP contribution < -0.4 is 5.32 Å². The number of piperidine rings is 1. The Morgan fingerprint density at radius 1 is 1.16 bits per heavy atom. The molecule has 0 aromatic heterocycles. The molecule has 1 aromatic rings. The second-order valence-corrected chi connectivity index (χ2v) is 7.10. The predicted molar refractivity (Wildman–Crippen MR) is 95.8 cm³/mol. The van der Waals surface area contributed by atoms with Gasteiger partial charge in [-0.3, -0.25) is 14.5 Å². The molecule has 1 atom stereocenters. The van der Waals surface area contributed by atoms with Crippen LogP contribution >= 0.6 is 0 Å². The van der Waals surface area contributed by atoms with Gasteiger partial charge < -0.3 is 10.1 Å². The van der Waals surface area contributed by atoms with Gasteiger partial charge in [-0.15, -0.1) is 0 Å². The number of esters is 1. The second kappa shape index (κ2) is 8.48. The van der Waals surface area contributed by atoms with Gasteiger partial charge in [-0.25, -0.2) is 0 Å². The Morgan fingerprint density at radius 2 is 1.84 bits per heavy atom. The Bertz CT molecular complexity index is 578. The molecule has 5 nitrogen and oxygen atoms in total. The van der Waals surface area contributed by atoms with E-state index in [1.807, 2.05) is 25.1 Å². The first-order valence-electron chi connectivity index (χ1n) is 9.40. The van der Waals surface area contributed by atoms with E-state index in [-0.39, 0.29) is 23.8 Å². The number of likely N-dealkylation sites (tertiary alicyclic amines) is 1. The number of rotatable bonds is 7. The molecule has 1 unspecified atom stereocenters. The van der Waals surface area contributed by atoms with E-state index in [2.05, 4.69) is 22.3 Å². The Hall–Kier alpha value is -1.88. The number of carbonyl (C=O) groups is 2. The second-order valence-electron chi connectivity index (χ2n) is 7.10. The summed E-state index contributed by atoms with van der Waals surface area (Å²) in [6.45, 7) is 4.22. The summed E-state index contributed by atoms with van der Waals surface area (Å²) in [6, 6.07) is 10.4. The minimum atomic E-state index is -0.0931. The van der Waals surface area contributed by atoms with Crippen molar-refractivity contribution in [2.24, 2.45) is 11.8 Å². The third-order valence-electron chi connectivity index (χ3n) is 5.14. The zero-order valence-electron chi connectivity index (χ0n) is 14.9. The smallest absolute Gasteiger partial charge is 0.309 e. The summed E-state index contributed by atoms with van der Waals surface area (Å²) in [5.41, 5.74) is 1.19. The van der Waals surface area contributed by atoms with Gasteiger partial charge in [0, 0.05) is 0 Å². The number of nitrogens with zero attached hydrogens (tertiary/aromatic N) is 1. The highest BCUT2D eigenvalue weighted by Crippen LogP contribution is 2.40. The first-order chi connectivity index (χ1) is 12.2. The average molecular weight is 344 g/mol. The maximum atomic E-state index is 12.5. The first-order valence-corrected chi connectivity index (χ1v) is 9.40. The maximum Gasteiger partial charge on any atom is 0.309 e. The molecule has 3 rings (SSSR count). The summed E-state index contributed by atoms with van der Waals surface area (Å²) in [5.74, 6) is 0.545. The number of amides is 1. The largest absolute Gasteiger partial charge is 0.466 e. The lowest BCUT2D eigenvalue weighted by Crippen LogP contribution is -2.44. The molecule has 1 heterocycles. The fourth-order valence-electron chi connectivity index (χ4n) is 3.57. The average Bonchev–Trinajstić information content (AvgIpc) is 3.46. The van der Waals surface area contributed by atoms with Gasteiger partial charge in [0.15, 0.2) is 0 Å². The van der Waals surface area contributed by atoms with E-state index in [0.717, 1.165) is 25.9 Å². The number of ether oxygens (including phenoxy) is 1. The van der Waals surface area contributed by atoms with Crippen molar-refractivity contribution in [3.8, 4) is 0 Å². The van der Waals surface area contributed by atoms with Crippen molar-refractivity contribution in [3.63, 3.8) is 0 Å². The summed E-state index contributed by atoms with van der Waals surface area (Å²) < 4.78 is 5.10. The van der Waals surface area contributed by atoms with Gasteiger partial charge in [-0.1, -0.05) is 30.3 Å². The minimum absolute atomic E-state index is 0.0113. The van der Waals surface area contributed by atoms with Crippen molar-refractivity contribution in [1.29, 1.82) is 0 Å². The molecule has 1 saturated heterocycles. The van der Waals surface area contributed by atoms with E-state index < -0.39 is 0 Å². The Balaban J connectivity index is 1.47. The molecule has 1 N–H and O–H groups in total. The summed E-state index contributed by atoms with van der Waals surface area (Å²) in [4.78, 5) is 26.4. The number of hydrogen-bond acceptors (Lipinski definition) is 4. The van der Waals surface area contributed by atoms with Crippen LogP contribution in [0.5, 0.6) is 0 Å². The molecule has 1 aliphatic carbocycles. The van der Waals surface area contributed by atoms with Crippen LogP contribution in [-0.4, -0.2) is 43.0 Å². The third-order valence-corrected chi connectivity index (χ3v) is 5.14. The summed E-state index contributed by atoms with van der Waals surface area (Å²) in [6.07, 6.45) is 3.92. The SMILES string of the molecule is CCOC(=O)C1CCN(CC(=O)NC(c2ccccc2)C2CC2)CC1. The maximum absolute atomic E-state index is 12.5. The van der Waals surface area contributed by atoms with Crippen LogP contribution in [0.15, 0.2) is 30.3 Å². The molecular formula is C20H28N2O3. The molecule has 0 spiro atoms. The van der Waals surface area contributed by atoms with Crippen LogP contribution in [0.25, 0.3) is 0 Å². The van der Waals surface area contributed by atoms with E-state index in [4.69, 9.17) is 4.74 Å². The lowest BCUT2D eigenvalue weighted by atomic mass is 9.97. The van der Waals surface area contributed by atoms with Crippen LogP contribution in [0.3, 0.4) is 0 Å². The molecule has 5 heteroatoms. The molecule has 1 aromatic carbocycles. The molecule has 1 saturated carbocycles. The number of carbonyl (C=O) groups excluding carboxylic acids is 2. The summed E-state index contributed by atoms with van der Waals surface area (Å²) >= 11 is 0. The van der Waals surface area contributed by atoms with Crippen LogP contribution in [0.1, 0.15) is 44.2 Å². The Labute approximate surface area is 149 Å². The highest BCUT2D eigenvalue weighted by Gasteiger charge is 2.34. The van der Waals surface area contributed by atoms with Crippen LogP contribution in [0.4, 0.5) is 0 Å². The van der Waals surface area contributed by atoms with Crippen molar-refractivity contribution in [3.05, 3.63) is 35.9 Å². The molecule has 0 radical (unpaired) electrons.